The van der Waals surface area contributed by atoms with Crippen molar-refractivity contribution in [3.8, 4) is 0 Å². The van der Waals surface area contributed by atoms with Crippen LogP contribution >= 0.6 is 0 Å². The van der Waals surface area contributed by atoms with Crippen LogP contribution < -0.4 is 0 Å². The van der Waals surface area contributed by atoms with E-state index in [-0.39, 0.29) is 11.8 Å². The van der Waals surface area contributed by atoms with Crippen LogP contribution in [-0.2, 0) is 4.79 Å². The van der Waals surface area contributed by atoms with Gasteiger partial charge in [-0.2, -0.15) is 8.78 Å². The number of carbonyl (C=O) groups is 1. The van der Waals surface area contributed by atoms with Gasteiger partial charge in [-0.05, 0) is 55.8 Å². The van der Waals surface area contributed by atoms with Crippen LogP contribution in [0.1, 0.15) is 51.9 Å². The van der Waals surface area contributed by atoms with Gasteiger partial charge in [0.1, 0.15) is 0 Å². The standard InChI is InChI=1S/C14H20F2O2/c1-12(15,16)11(17)7-13-3-9-2-10(4-13)6-14(18,5-9)8-13/h9-10,18H,2-8H2,1H3. The first kappa shape index (κ1) is 12.5. The second-order valence-corrected chi connectivity index (χ2v) is 7.17. The summed E-state index contributed by atoms with van der Waals surface area (Å²) in [5, 5.41) is 10.5. The minimum Gasteiger partial charge on any atom is -0.390 e. The molecule has 2 unspecified atom stereocenters. The molecule has 0 aliphatic heterocycles. The van der Waals surface area contributed by atoms with Gasteiger partial charge in [0, 0.05) is 13.3 Å². The Morgan fingerprint density at radius 2 is 1.83 bits per heavy atom. The van der Waals surface area contributed by atoms with Crippen molar-refractivity contribution < 1.29 is 18.7 Å². The molecule has 0 spiro atoms. The van der Waals surface area contributed by atoms with Gasteiger partial charge in [-0.25, -0.2) is 0 Å². The fourth-order valence-electron chi connectivity index (χ4n) is 5.10. The van der Waals surface area contributed by atoms with Gasteiger partial charge in [-0.3, -0.25) is 4.79 Å². The summed E-state index contributed by atoms with van der Waals surface area (Å²) in [6.07, 6.45) is 4.94. The summed E-state index contributed by atoms with van der Waals surface area (Å²) in [7, 11) is 0. The summed E-state index contributed by atoms with van der Waals surface area (Å²) < 4.78 is 26.2. The van der Waals surface area contributed by atoms with Gasteiger partial charge in [0.2, 0.25) is 5.78 Å². The SMILES string of the molecule is CC(F)(F)C(=O)CC12CC3CC(CC(O)(C3)C1)C2. The molecule has 4 rings (SSSR count). The van der Waals surface area contributed by atoms with E-state index in [4.69, 9.17) is 0 Å². The molecule has 1 N–H and O–H groups in total. The predicted octanol–water partition coefficient (Wildman–Crippen LogP) is 2.93. The second kappa shape index (κ2) is 3.53. The van der Waals surface area contributed by atoms with Crippen LogP contribution in [0.2, 0.25) is 0 Å². The summed E-state index contributed by atoms with van der Waals surface area (Å²) in [5.41, 5.74) is -1.01. The monoisotopic (exact) mass is 258 g/mol. The topological polar surface area (TPSA) is 37.3 Å². The molecule has 102 valence electrons. The fourth-order valence-corrected chi connectivity index (χ4v) is 5.10. The van der Waals surface area contributed by atoms with Gasteiger partial charge in [0.15, 0.2) is 0 Å². The lowest BCUT2D eigenvalue weighted by molar-refractivity contribution is -0.175. The fraction of sp³-hybridized carbons (Fsp3) is 0.929. The Bertz CT molecular complexity index is 372. The van der Waals surface area contributed by atoms with Crippen LogP contribution in [0.15, 0.2) is 0 Å². The number of rotatable bonds is 3. The Hall–Kier alpha value is -0.510. The van der Waals surface area contributed by atoms with Crippen LogP contribution in [0, 0.1) is 17.3 Å². The van der Waals surface area contributed by atoms with Gasteiger partial charge < -0.3 is 5.11 Å². The third kappa shape index (κ3) is 1.98. The third-order valence-corrected chi connectivity index (χ3v) is 5.18. The molecular formula is C14H20F2O2. The smallest absolute Gasteiger partial charge is 0.302 e. The number of alkyl halides is 2. The Kier molecular flexibility index (Phi) is 2.45. The highest BCUT2D eigenvalue weighted by molar-refractivity contribution is 5.85. The first-order valence-corrected chi connectivity index (χ1v) is 6.83. The van der Waals surface area contributed by atoms with Crippen molar-refractivity contribution >= 4 is 5.78 Å². The molecule has 0 radical (unpaired) electrons. The Balaban J connectivity index is 1.81. The summed E-state index contributed by atoms with van der Waals surface area (Å²) in [4.78, 5) is 11.6. The molecule has 4 aliphatic carbocycles. The van der Waals surface area contributed by atoms with Crippen LogP contribution in [0.25, 0.3) is 0 Å². The lowest BCUT2D eigenvalue weighted by atomic mass is 9.47. The van der Waals surface area contributed by atoms with Crippen LogP contribution in [0.3, 0.4) is 0 Å². The summed E-state index contributed by atoms with van der Waals surface area (Å²) in [6.45, 7) is 0.685. The first-order valence-electron chi connectivity index (χ1n) is 6.83. The number of hydrogen-bond acceptors (Lipinski definition) is 2. The average Bonchev–Trinajstić information content (AvgIpc) is 2.10. The van der Waals surface area contributed by atoms with Crippen LogP contribution in [-0.4, -0.2) is 22.4 Å². The molecule has 0 aromatic rings. The van der Waals surface area contributed by atoms with Gasteiger partial charge in [-0.15, -0.1) is 0 Å². The van der Waals surface area contributed by atoms with Crippen LogP contribution in [0.4, 0.5) is 8.78 Å². The molecule has 4 aliphatic rings. The second-order valence-electron chi connectivity index (χ2n) is 7.17. The Morgan fingerprint density at radius 1 is 1.28 bits per heavy atom. The summed E-state index contributed by atoms with van der Waals surface area (Å²) in [6, 6.07) is 0. The Labute approximate surface area is 106 Å². The van der Waals surface area contributed by atoms with Crippen molar-refractivity contribution in [1.29, 1.82) is 0 Å². The van der Waals surface area contributed by atoms with Crippen LogP contribution in [0.5, 0.6) is 0 Å². The summed E-state index contributed by atoms with van der Waals surface area (Å²) >= 11 is 0. The van der Waals surface area contributed by atoms with E-state index in [1.165, 1.54) is 0 Å². The minimum absolute atomic E-state index is 0.0498. The summed E-state index contributed by atoms with van der Waals surface area (Å²) in [5.74, 6) is -3.30. The van der Waals surface area contributed by atoms with Gasteiger partial charge in [0.25, 0.3) is 0 Å². The van der Waals surface area contributed by atoms with Crippen molar-refractivity contribution in [3.05, 3.63) is 0 Å². The van der Waals surface area contributed by atoms with E-state index in [0.29, 0.717) is 25.2 Å². The molecule has 4 saturated carbocycles. The number of Topliss-reactive ketones (excluding diaryl/α,β-unsaturated/α-hetero) is 1. The molecule has 4 bridgehead atoms. The maximum atomic E-state index is 13.1. The zero-order chi connectivity index (χ0) is 13.2. The minimum atomic E-state index is -3.23. The highest BCUT2D eigenvalue weighted by atomic mass is 19.3. The van der Waals surface area contributed by atoms with Crippen molar-refractivity contribution in [3.63, 3.8) is 0 Å². The number of ketones is 1. The Morgan fingerprint density at radius 3 is 2.28 bits per heavy atom. The average molecular weight is 258 g/mol. The van der Waals surface area contributed by atoms with E-state index in [2.05, 4.69) is 0 Å². The van der Waals surface area contributed by atoms with E-state index in [1.54, 1.807) is 0 Å². The number of halogens is 2. The highest BCUT2D eigenvalue weighted by Crippen LogP contribution is 2.63. The number of aliphatic hydroxyl groups is 1. The first-order chi connectivity index (χ1) is 8.20. The van der Waals surface area contributed by atoms with Crippen molar-refractivity contribution in [1.82, 2.24) is 0 Å². The molecule has 0 aromatic carbocycles. The van der Waals surface area contributed by atoms with Crippen molar-refractivity contribution in [2.75, 3.05) is 0 Å². The molecule has 2 atom stereocenters. The van der Waals surface area contributed by atoms with Gasteiger partial charge >= 0.3 is 5.92 Å². The van der Waals surface area contributed by atoms with E-state index in [0.717, 1.165) is 32.1 Å². The predicted molar refractivity (Wildman–Crippen MR) is 62.3 cm³/mol. The normalized spacial score (nSPS) is 46.4. The number of carbonyl (C=O) groups excluding carboxylic acids is 1. The van der Waals surface area contributed by atoms with E-state index in [1.807, 2.05) is 0 Å². The van der Waals surface area contributed by atoms with Crippen molar-refractivity contribution in [2.45, 2.75) is 63.4 Å². The maximum absolute atomic E-state index is 13.1. The van der Waals surface area contributed by atoms with Gasteiger partial charge in [-0.1, -0.05) is 0 Å². The lowest BCUT2D eigenvalue weighted by Gasteiger charge is -2.60. The highest BCUT2D eigenvalue weighted by Gasteiger charge is 2.58. The van der Waals surface area contributed by atoms with Gasteiger partial charge in [0.05, 0.1) is 5.60 Å². The molecule has 0 aromatic heterocycles. The molecule has 4 fully saturated rings. The zero-order valence-corrected chi connectivity index (χ0v) is 10.7. The molecule has 0 amide bonds. The molecule has 18 heavy (non-hydrogen) atoms. The molecular weight excluding hydrogens is 238 g/mol. The van der Waals surface area contributed by atoms with E-state index >= 15 is 0 Å². The number of hydrogen-bond donors (Lipinski definition) is 1. The lowest BCUT2D eigenvalue weighted by Crippen LogP contribution is -2.56. The van der Waals surface area contributed by atoms with Crippen molar-refractivity contribution in [2.24, 2.45) is 17.3 Å². The molecule has 0 saturated heterocycles. The van der Waals surface area contributed by atoms with E-state index in [9.17, 15) is 18.7 Å². The third-order valence-electron chi connectivity index (χ3n) is 5.18. The van der Waals surface area contributed by atoms with E-state index < -0.39 is 17.3 Å². The molecule has 0 heterocycles. The maximum Gasteiger partial charge on any atom is 0.302 e. The quantitative estimate of drug-likeness (QED) is 0.845. The zero-order valence-electron chi connectivity index (χ0n) is 10.7. The molecule has 2 nitrogen and oxygen atoms in total. The molecule has 4 heteroatoms. The largest absolute Gasteiger partial charge is 0.390 e.